The molecular formula is C50H100N2O8. The predicted molar refractivity (Wildman–Crippen MR) is 248 cm³/mol. The van der Waals surface area contributed by atoms with Crippen molar-refractivity contribution in [1.82, 2.24) is 5.32 Å². The van der Waals surface area contributed by atoms with Gasteiger partial charge in [0.1, 0.15) is 30.5 Å². The largest absolute Gasteiger partial charge is 0.390 e. The second-order valence-corrected chi connectivity index (χ2v) is 18.5. The molecule has 10 nitrogen and oxygen atoms in total. The molecule has 1 fully saturated rings. The molecule has 1 aliphatic rings. The van der Waals surface area contributed by atoms with Gasteiger partial charge in [0.25, 0.3) is 0 Å². The molecule has 1 heterocycles. The summed E-state index contributed by atoms with van der Waals surface area (Å²) in [7, 11) is 0. The minimum Gasteiger partial charge on any atom is -0.390 e. The molecule has 358 valence electrons. The fraction of sp³-hybridized carbons (Fsp3) is 0.980. The summed E-state index contributed by atoms with van der Waals surface area (Å²) in [6.45, 7) is 4.17. The molecule has 0 aliphatic carbocycles. The number of carbonyl (C=O) groups excluding carboxylic acids is 1. The summed E-state index contributed by atoms with van der Waals surface area (Å²) < 4.78 is 11.4. The summed E-state index contributed by atoms with van der Waals surface area (Å²) in [5.74, 6) is -0.232. The summed E-state index contributed by atoms with van der Waals surface area (Å²) in [6.07, 6.45) is 36.3. The summed E-state index contributed by atoms with van der Waals surface area (Å²) in [4.78, 5) is 13.0. The van der Waals surface area contributed by atoms with Gasteiger partial charge >= 0.3 is 0 Å². The van der Waals surface area contributed by atoms with Crippen LogP contribution in [0.2, 0.25) is 0 Å². The van der Waals surface area contributed by atoms with Crippen molar-refractivity contribution >= 4 is 5.91 Å². The lowest BCUT2D eigenvalue weighted by Crippen LogP contribution is -2.61. The van der Waals surface area contributed by atoms with Crippen LogP contribution in [0.1, 0.15) is 251 Å². The van der Waals surface area contributed by atoms with Crippen LogP contribution in [-0.4, -0.2) is 93.5 Å². The second kappa shape index (κ2) is 40.9. The van der Waals surface area contributed by atoms with E-state index in [1.165, 1.54) is 186 Å². The molecule has 0 spiro atoms. The van der Waals surface area contributed by atoms with Crippen molar-refractivity contribution in [2.75, 3.05) is 13.2 Å². The molecule has 0 radical (unpaired) electrons. The molecule has 0 aromatic heterocycles. The van der Waals surface area contributed by atoms with E-state index >= 15 is 0 Å². The number of ether oxygens (including phenoxy) is 2. The fourth-order valence-electron chi connectivity index (χ4n) is 8.66. The van der Waals surface area contributed by atoms with Crippen LogP contribution >= 0.6 is 0 Å². The van der Waals surface area contributed by atoms with E-state index < -0.39 is 49.0 Å². The molecule has 1 rings (SSSR count). The molecule has 5 unspecified atom stereocenters. The monoisotopic (exact) mass is 857 g/mol. The molecule has 0 aromatic rings. The topological polar surface area (TPSA) is 175 Å². The molecule has 10 heteroatoms. The molecule has 1 aliphatic heterocycles. The normalized spacial score (nSPS) is 21.0. The highest BCUT2D eigenvalue weighted by Crippen LogP contribution is 2.23. The maximum absolute atomic E-state index is 13.0. The van der Waals surface area contributed by atoms with E-state index in [-0.39, 0.29) is 19.1 Å². The van der Waals surface area contributed by atoms with Gasteiger partial charge in [-0.3, -0.25) is 4.79 Å². The Kier molecular flexibility index (Phi) is 39.0. The Morgan fingerprint density at radius 1 is 0.533 bits per heavy atom. The lowest BCUT2D eigenvalue weighted by atomic mass is 9.98. The number of carbonyl (C=O) groups is 1. The van der Waals surface area contributed by atoms with E-state index in [9.17, 15) is 30.3 Å². The van der Waals surface area contributed by atoms with Crippen molar-refractivity contribution in [1.29, 1.82) is 0 Å². The first-order valence-electron chi connectivity index (χ1n) is 25.9. The number of unbranched alkanes of at least 4 members (excludes halogenated alkanes) is 33. The van der Waals surface area contributed by atoms with Gasteiger partial charge in [0.15, 0.2) is 6.29 Å². The van der Waals surface area contributed by atoms with Crippen LogP contribution in [-0.2, 0) is 14.3 Å². The highest BCUT2D eigenvalue weighted by molar-refractivity contribution is 5.76. The Labute approximate surface area is 369 Å². The van der Waals surface area contributed by atoms with Gasteiger partial charge in [-0.05, 0) is 12.8 Å². The summed E-state index contributed by atoms with van der Waals surface area (Å²) >= 11 is 0. The number of nitrogens with two attached hydrogens (primary N) is 1. The Morgan fingerprint density at radius 2 is 0.883 bits per heavy atom. The van der Waals surface area contributed by atoms with Gasteiger partial charge in [0, 0.05) is 13.0 Å². The van der Waals surface area contributed by atoms with Crippen molar-refractivity contribution in [3.63, 3.8) is 0 Å². The highest BCUT2D eigenvalue weighted by atomic mass is 16.7. The summed E-state index contributed by atoms with van der Waals surface area (Å²) in [6, 6.07) is -0.953. The summed E-state index contributed by atoms with van der Waals surface area (Å²) in [5, 5.41) is 55.9. The van der Waals surface area contributed by atoms with Crippen molar-refractivity contribution in [2.24, 2.45) is 5.73 Å². The zero-order chi connectivity index (χ0) is 43.9. The maximum Gasteiger partial charge on any atom is 0.220 e. The highest BCUT2D eigenvalue weighted by Gasteiger charge is 2.44. The SMILES string of the molecule is CCCCCCCCCCCCCCCCCCCCCCCCCC(=O)N[C@@H](COC1OC(CN)C(O)C(O)C1O)[C@H](O)[C@H](O)CCCCCCCCCCCCCC. The molecule has 1 saturated heterocycles. The van der Waals surface area contributed by atoms with E-state index in [1.807, 2.05) is 0 Å². The van der Waals surface area contributed by atoms with Gasteiger partial charge in [-0.15, -0.1) is 0 Å². The number of aliphatic hydroxyl groups excluding tert-OH is 5. The molecular weight excluding hydrogens is 757 g/mol. The Bertz CT molecular complexity index is 929. The Morgan fingerprint density at radius 3 is 1.25 bits per heavy atom. The standard InChI is InChI=1S/C50H100N2O8/c1-3-5-7-9-11-13-15-17-18-19-20-21-22-23-24-25-26-27-29-31-33-35-37-39-45(54)52-42(41-59-50-49(58)48(57)47(56)44(40-51)60-50)46(55)43(53)38-36-34-32-30-28-16-14-12-10-8-6-4-2/h42-44,46-50,53,55-58H,3-41,51H2,1-2H3,(H,52,54)/t42-,43+,44?,46-,47?,48?,49?,50?/m0/s1. The van der Waals surface area contributed by atoms with Gasteiger partial charge in [-0.25, -0.2) is 0 Å². The van der Waals surface area contributed by atoms with Crippen LogP contribution in [0.4, 0.5) is 0 Å². The fourth-order valence-corrected chi connectivity index (χ4v) is 8.66. The molecule has 8 N–H and O–H groups in total. The van der Waals surface area contributed by atoms with Gasteiger partial charge in [0.2, 0.25) is 5.91 Å². The van der Waals surface area contributed by atoms with E-state index in [2.05, 4.69) is 19.2 Å². The number of nitrogens with one attached hydrogen (secondary N) is 1. The number of hydrogen-bond donors (Lipinski definition) is 7. The van der Waals surface area contributed by atoms with Crippen molar-refractivity contribution in [2.45, 2.75) is 300 Å². The molecule has 8 atom stereocenters. The molecule has 0 aromatic carbocycles. The zero-order valence-corrected chi connectivity index (χ0v) is 39.2. The maximum atomic E-state index is 13.0. The minimum absolute atomic E-state index is 0.0923. The first-order chi connectivity index (χ1) is 29.3. The molecule has 0 saturated carbocycles. The van der Waals surface area contributed by atoms with Crippen molar-refractivity contribution in [3.8, 4) is 0 Å². The first kappa shape index (κ1) is 57.2. The van der Waals surface area contributed by atoms with Crippen LogP contribution in [0.25, 0.3) is 0 Å². The third-order valence-electron chi connectivity index (χ3n) is 12.9. The summed E-state index contributed by atoms with van der Waals surface area (Å²) in [5.41, 5.74) is 5.68. The number of rotatable bonds is 44. The lowest BCUT2D eigenvalue weighted by molar-refractivity contribution is -0.296. The van der Waals surface area contributed by atoms with E-state index in [0.29, 0.717) is 12.8 Å². The van der Waals surface area contributed by atoms with Crippen molar-refractivity contribution in [3.05, 3.63) is 0 Å². The quantitative estimate of drug-likeness (QED) is 0.0294. The smallest absolute Gasteiger partial charge is 0.220 e. The molecule has 1 amide bonds. The number of aliphatic hydroxyl groups is 5. The third kappa shape index (κ3) is 30.3. The second-order valence-electron chi connectivity index (χ2n) is 18.5. The van der Waals surface area contributed by atoms with Gasteiger partial charge in [-0.1, -0.05) is 232 Å². The molecule has 0 bridgehead atoms. The van der Waals surface area contributed by atoms with Gasteiger partial charge in [-0.2, -0.15) is 0 Å². The van der Waals surface area contributed by atoms with Gasteiger partial charge < -0.3 is 46.1 Å². The number of hydrogen-bond acceptors (Lipinski definition) is 9. The van der Waals surface area contributed by atoms with Crippen LogP contribution in [0.5, 0.6) is 0 Å². The average Bonchev–Trinajstić information content (AvgIpc) is 3.25. The predicted octanol–water partition coefficient (Wildman–Crippen LogP) is 10.4. The minimum atomic E-state index is -1.55. The van der Waals surface area contributed by atoms with Crippen LogP contribution in [0.15, 0.2) is 0 Å². The van der Waals surface area contributed by atoms with E-state index in [4.69, 9.17) is 15.2 Å². The third-order valence-corrected chi connectivity index (χ3v) is 12.9. The van der Waals surface area contributed by atoms with Crippen LogP contribution < -0.4 is 11.1 Å². The van der Waals surface area contributed by atoms with Crippen LogP contribution in [0, 0.1) is 0 Å². The zero-order valence-electron chi connectivity index (χ0n) is 39.2. The van der Waals surface area contributed by atoms with Crippen molar-refractivity contribution < 1.29 is 39.8 Å². The number of amides is 1. The average molecular weight is 857 g/mol. The van der Waals surface area contributed by atoms with Gasteiger partial charge in [0.05, 0.1) is 18.8 Å². The van der Waals surface area contributed by atoms with E-state index in [1.54, 1.807) is 0 Å². The van der Waals surface area contributed by atoms with E-state index in [0.717, 1.165) is 38.5 Å². The van der Waals surface area contributed by atoms with Crippen LogP contribution in [0.3, 0.4) is 0 Å². The first-order valence-corrected chi connectivity index (χ1v) is 25.9. The Balaban J connectivity index is 2.26. The molecule has 60 heavy (non-hydrogen) atoms. The Hall–Kier alpha value is -0.850. The lowest BCUT2D eigenvalue weighted by Gasteiger charge is -2.40.